The molecule has 4 amide bonds. The van der Waals surface area contributed by atoms with Crippen LogP contribution >= 0.6 is 0 Å². The highest BCUT2D eigenvalue weighted by atomic mass is 16.6. The molecule has 4 aliphatic rings. The molecule has 6 rings (SSSR count). The van der Waals surface area contributed by atoms with E-state index >= 15 is 0 Å². The second-order valence-corrected chi connectivity index (χ2v) is 16.2. The molecule has 0 aromatic heterocycles. The second kappa shape index (κ2) is 17.5. The van der Waals surface area contributed by atoms with Crippen LogP contribution in [0.3, 0.4) is 0 Å². The largest absolute Gasteiger partial charge is 0.460 e. The zero-order valence-electron chi connectivity index (χ0n) is 32.4. The van der Waals surface area contributed by atoms with Crippen LogP contribution in [0.2, 0.25) is 0 Å². The van der Waals surface area contributed by atoms with E-state index < -0.39 is 41.6 Å². The van der Waals surface area contributed by atoms with Crippen LogP contribution in [-0.2, 0) is 28.7 Å². The minimum atomic E-state index is -1.01. The molecule has 2 aromatic rings. The van der Waals surface area contributed by atoms with Gasteiger partial charge in [0, 0.05) is 30.5 Å². The molecule has 1 fully saturated rings. The van der Waals surface area contributed by atoms with Crippen LogP contribution in [0, 0.1) is 5.92 Å². The van der Waals surface area contributed by atoms with E-state index in [1.165, 1.54) is 0 Å². The predicted octanol–water partition coefficient (Wildman–Crippen LogP) is 6.64. The summed E-state index contributed by atoms with van der Waals surface area (Å²) >= 11 is 0. The molecule has 1 saturated carbocycles. The van der Waals surface area contributed by atoms with E-state index in [4.69, 9.17) is 9.47 Å². The Morgan fingerprint density at radius 1 is 0.873 bits per heavy atom. The highest BCUT2D eigenvalue weighted by Gasteiger charge is 2.33. The van der Waals surface area contributed by atoms with Crippen molar-refractivity contribution in [2.75, 3.05) is 6.61 Å². The first-order chi connectivity index (χ1) is 26.3. The van der Waals surface area contributed by atoms with Gasteiger partial charge in [0.1, 0.15) is 24.3 Å². The van der Waals surface area contributed by atoms with Crippen molar-refractivity contribution in [3.8, 4) is 11.1 Å². The van der Waals surface area contributed by atoms with Crippen molar-refractivity contribution in [2.24, 2.45) is 5.92 Å². The van der Waals surface area contributed by atoms with E-state index in [0.717, 1.165) is 65.5 Å². The van der Waals surface area contributed by atoms with Crippen LogP contribution in [0.25, 0.3) is 11.1 Å². The molecular formula is C44H54N4O7. The summed E-state index contributed by atoms with van der Waals surface area (Å²) in [6, 6.07) is 14.0. The van der Waals surface area contributed by atoms with Crippen molar-refractivity contribution in [3.63, 3.8) is 0 Å². The zero-order chi connectivity index (χ0) is 39.1. The number of allylic oxidation sites excluding steroid dienone is 2. The summed E-state index contributed by atoms with van der Waals surface area (Å²) in [4.78, 5) is 66.3. The van der Waals surface area contributed by atoms with Crippen molar-refractivity contribution in [3.05, 3.63) is 94.7 Å². The number of hydrogen-bond donors (Lipinski definition) is 4. The Morgan fingerprint density at radius 2 is 1.55 bits per heavy atom. The fraction of sp³-hybridized carbons (Fsp3) is 0.477. The van der Waals surface area contributed by atoms with E-state index in [1.807, 2.05) is 43.3 Å². The van der Waals surface area contributed by atoms with Crippen LogP contribution in [0.5, 0.6) is 0 Å². The van der Waals surface area contributed by atoms with Crippen LogP contribution < -0.4 is 21.3 Å². The molecule has 11 heteroatoms. The first-order valence-electron chi connectivity index (χ1n) is 19.7. The number of benzene rings is 2. The van der Waals surface area contributed by atoms with E-state index in [9.17, 15) is 24.0 Å². The molecular weight excluding hydrogens is 697 g/mol. The summed E-state index contributed by atoms with van der Waals surface area (Å²) in [6.45, 7) is 7.37. The van der Waals surface area contributed by atoms with Gasteiger partial charge in [-0.3, -0.25) is 19.2 Å². The molecule has 1 unspecified atom stereocenters. The van der Waals surface area contributed by atoms with Gasteiger partial charge in [-0.15, -0.1) is 0 Å². The Bertz CT molecular complexity index is 1840. The molecule has 0 radical (unpaired) electrons. The minimum absolute atomic E-state index is 0.0644. The Hall–Kier alpha value is -5.19. The zero-order valence-corrected chi connectivity index (χ0v) is 32.4. The predicted molar refractivity (Wildman–Crippen MR) is 209 cm³/mol. The van der Waals surface area contributed by atoms with Crippen LogP contribution in [0.4, 0.5) is 4.79 Å². The third kappa shape index (κ3) is 10.3. The molecule has 3 aliphatic carbocycles. The molecule has 55 heavy (non-hydrogen) atoms. The number of ether oxygens (including phenoxy) is 2. The standard InChI is InChI=1S/C44H54N4O7/c1-27-23-39(49)46-37-25-29(21-22-30(27)37)45-41(51)36(19-12-20-40(50)55-44(2,3)4)47-42(52)38(24-28-13-6-5-7-14-28)48-43(53)54-26-35-33-17-10-8-15-31(33)32-16-9-11-18-34(32)35/h8-11,15-18,21-23,28,35-38H,5-7,12-14,19-20,24-26H2,1-4H3,(H,45,51)(H,46,49)(H,47,52)(H,48,53)/t36-,37?,38-/m0/s1. The first-order valence-corrected chi connectivity index (χ1v) is 19.7. The molecule has 1 aliphatic heterocycles. The number of rotatable bonds is 13. The van der Waals surface area contributed by atoms with Crippen molar-refractivity contribution in [2.45, 2.75) is 122 Å². The lowest BCUT2D eigenvalue weighted by Gasteiger charge is -2.30. The number of carbonyl (C=O) groups excluding carboxylic acids is 5. The number of alkyl carbamates (subject to hydrolysis) is 1. The van der Waals surface area contributed by atoms with Crippen molar-refractivity contribution >= 4 is 29.8 Å². The van der Waals surface area contributed by atoms with E-state index in [2.05, 4.69) is 45.5 Å². The normalized spacial score (nSPS) is 19.2. The molecule has 2 aromatic carbocycles. The fourth-order valence-electron chi connectivity index (χ4n) is 8.23. The van der Waals surface area contributed by atoms with Crippen LogP contribution in [0.15, 0.2) is 83.6 Å². The lowest BCUT2D eigenvalue weighted by Crippen LogP contribution is -2.54. The topological polar surface area (TPSA) is 152 Å². The van der Waals surface area contributed by atoms with Gasteiger partial charge in [0.2, 0.25) is 17.7 Å². The third-order valence-electron chi connectivity index (χ3n) is 10.8. The molecule has 0 saturated heterocycles. The number of amides is 4. The maximum atomic E-state index is 14.2. The van der Waals surface area contributed by atoms with E-state index in [1.54, 1.807) is 26.8 Å². The molecule has 0 bridgehead atoms. The highest BCUT2D eigenvalue weighted by Crippen LogP contribution is 2.44. The number of fused-ring (bicyclic) bond motifs is 4. The Kier molecular flexibility index (Phi) is 12.6. The number of esters is 1. The minimum Gasteiger partial charge on any atom is -0.460 e. The fourth-order valence-corrected chi connectivity index (χ4v) is 8.23. The third-order valence-corrected chi connectivity index (χ3v) is 10.8. The van der Waals surface area contributed by atoms with Gasteiger partial charge in [-0.25, -0.2) is 4.79 Å². The molecule has 11 nitrogen and oxygen atoms in total. The Morgan fingerprint density at radius 3 is 2.22 bits per heavy atom. The summed E-state index contributed by atoms with van der Waals surface area (Å²) in [7, 11) is 0. The van der Waals surface area contributed by atoms with Crippen LogP contribution in [-0.4, -0.2) is 60.1 Å². The van der Waals surface area contributed by atoms with Gasteiger partial charge in [0.05, 0.1) is 6.04 Å². The van der Waals surface area contributed by atoms with Gasteiger partial charge in [-0.2, -0.15) is 0 Å². The van der Waals surface area contributed by atoms with Gasteiger partial charge >= 0.3 is 12.1 Å². The van der Waals surface area contributed by atoms with Crippen molar-refractivity contribution in [1.82, 2.24) is 21.3 Å². The van der Waals surface area contributed by atoms with Gasteiger partial charge in [0.25, 0.3) is 0 Å². The van der Waals surface area contributed by atoms with Gasteiger partial charge in [-0.05, 0) is 92.4 Å². The number of hydrogen-bond acceptors (Lipinski definition) is 7. The van der Waals surface area contributed by atoms with Crippen molar-refractivity contribution in [1.29, 1.82) is 0 Å². The maximum absolute atomic E-state index is 14.2. The van der Waals surface area contributed by atoms with E-state index in [-0.39, 0.29) is 49.7 Å². The summed E-state index contributed by atoms with van der Waals surface area (Å²) < 4.78 is 11.3. The Labute approximate surface area is 323 Å². The number of carbonyl (C=O) groups is 5. The quantitative estimate of drug-likeness (QED) is 0.168. The lowest BCUT2D eigenvalue weighted by molar-refractivity contribution is -0.155. The summed E-state index contributed by atoms with van der Waals surface area (Å²) in [5.74, 6) is -1.43. The summed E-state index contributed by atoms with van der Waals surface area (Å²) in [5, 5.41) is 11.7. The lowest BCUT2D eigenvalue weighted by atomic mass is 9.84. The molecule has 0 spiro atoms. The summed E-state index contributed by atoms with van der Waals surface area (Å²) in [5.41, 5.74) is 6.20. The number of nitrogens with one attached hydrogen (secondary N) is 4. The Balaban J connectivity index is 1.15. The molecule has 3 atom stereocenters. The van der Waals surface area contributed by atoms with Crippen molar-refractivity contribution < 1.29 is 33.4 Å². The molecule has 4 N–H and O–H groups in total. The van der Waals surface area contributed by atoms with Crippen LogP contribution in [0.1, 0.15) is 109 Å². The van der Waals surface area contributed by atoms with Gasteiger partial charge in [0.15, 0.2) is 0 Å². The monoisotopic (exact) mass is 750 g/mol. The van der Waals surface area contributed by atoms with Gasteiger partial charge in [-0.1, -0.05) is 86.7 Å². The average molecular weight is 751 g/mol. The highest BCUT2D eigenvalue weighted by molar-refractivity contribution is 5.93. The van der Waals surface area contributed by atoms with Gasteiger partial charge < -0.3 is 30.7 Å². The maximum Gasteiger partial charge on any atom is 0.407 e. The smallest absolute Gasteiger partial charge is 0.407 e. The summed E-state index contributed by atoms with van der Waals surface area (Å²) in [6.07, 6.45) is 11.0. The van der Waals surface area contributed by atoms with E-state index in [0.29, 0.717) is 18.5 Å². The SMILES string of the molecule is CC1=CC(=O)NC2CC(NC(=O)[C@H](CCCC(=O)OC(C)(C)C)NC(=O)[C@H](CC3CCCCC3)NC(=O)OCC3c4ccccc4-c4ccccc43)=CC=C12. The average Bonchev–Trinajstić information content (AvgIpc) is 3.46. The molecule has 1 heterocycles. The second-order valence-electron chi connectivity index (χ2n) is 16.2. The first kappa shape index (κ1) is 39.5. The molecule has 292 valence electrons.